The van der Waals surface area contributed by atoms with Crippen molar-refractivity contribution in [3.05, 3.63) is 88.7 Å². The third-order valence-corrected chi connectivity index (χ3v) is 5.78. The molecule has 0 bridgehead atoms. The summed E-state index contributed by atoms with van der Waals surface area (Å²) in [5.74, 6) is -1.34. The first-order chi connectivity index (χ1) is 16.7. The maximum absolute atomic E-state index is 13.3. The fourth-order valence-electron chi connectivity index (χ4n) is 3.62. The number of hydrogen-bond acceptors (Lipinski definition) is 5. The highest BCUT2D eigenvalue weighted by Crippen LogP contribution is 2.28. The lowest BCUT2D eigenvalue weighted by Gasteiger charge is -2.19. The summed E-state index contributed by atoms with van der Waals surface area (Å²) in [6, 6.07) is 15.0. The van der Waals surface area contributed by atoms with Crippen molar-refractivity contribution in [3.63, 3.8) is 0 Å². The van der Waals surface area contributed by atoms with Crippen molar-refractivity contribution in [1.29, 1.82) is 0 Å². The fraction of sp³-hybridized carbons (Fsp3) is 0.154. The monoisotopic (exact) mass is 490 g/mol. The zero-order valence-electron chi connectivity index (χ0n) is 19.4. The molecule has 9 heteroatoms. The molecule has 4 rings (SSSR count). The second kappa shape index (κ2) is 9.60. The smallest absolute Gasteiger partial charge is 0.339 e. The van der Waals surface area contributed by atoms with Crippen LogP contribution in [0.3, 0.4) is 0 Å². The Morgan fingerprint density at radius 2 is 1.74 bits per heavy atom. The molecule has 0 unspecified atom stereocenters. The Hall–Kier alpha value is -4.17. The van der Waals surface area contributed by atoms with Crippen LogP contribution in [0.2, 0.25) is 5.02 Å². The summed E-state index contributed by atoms with van der Waals surface area (Å²) >= 11 is 6.19. The van der Waals surface area contributed by atoms with Gasteiger partial charge in [-0.15, -0.1) is 0 Å². The van der Waals surface area contributed by atoms with E-state index in [0.29, 0.717) is 22.3 Å². The van der Waals surface area contributed by atoms with Crippen molar-refractivity contribution < 1.29 is 19.1 Å². The second-order valence-corrected chi connectivity index (χ2v) is 8.63. The summed E-state index contributed by atoms with van der Waals surface area (Å²) in [5, 5.41) is 4.60. The van der Waals surface area contributed by atoms with Gasteiger partial charge in [0.1, 0.15) is 0 Å². The number of nitrogens with two attached hydrogens (primary N) is 1. The number of nitrogens with zero attached hydrogens (tertiary/aromatic N) is 3. The van der Waals surface area contributed by atoms with Gasteiger partial charge in [0.15, 0.2) is 0 Å². The van der Waals surface area contributed by atoms with E-state index in [9.17, 15) is 14.4 Å². The average molecular weight is 491 g/mol. The number of benzene rings is 2. The lowest BCUT2D eigenvalue weighted by molar-refractivity contribution is 0.0378. The number of esters is 1. The summed E-state index contributed by atoms with van der Waals surface area (Å²) in [6.07, 6.45) is 3.09. The standard InChI is InChI=1S/C26H23ClN4O4/c1-15(2)35-26(34)20-13-19(8-9-22(20)27)30(3)25(33)18-10-11-31-23(12-18)21(14-29-31)16-4-6-17(7-5-16)24(28)32/h4-15H,1-3H3,(H2,28,32). The SMILES string of the molecule is CC(C)OC(=O)c1cc(N(C)C(=O)c2ccn3ncc(-c4ccc(C(N)=O)cc4)c3c2)ccc1Cl. The number of fused-ring (bicyclic) bond motifs is 1. The lowest BCUT2D eigenvalue weighted by Crippen LogP contribution is -2.26. The number of halogens is 1. The third-order valence-electron chi connectivity index (χ3n) is 5.45. The van der Waals surface area contributed by atoms with E-state index in [1.165, 1.54) is 11.0 Å². The van der Waals surface area contributed by atoms with Crippen LogP contribution < -0.4 is 10.6 Å². The van der Waals surface area contributed by atoms with E-state index in [1.807, 2.05) is 0 Å². The van der Waals surface area contributed by atoms with Crippen LogP contribution >= 0.6 is 11.6 Å². The molecule has 2 aromatic carbocycles. The molecular weight excluding hydrogens is 468 g/mol. The van der Waals surface area contributed by atoms with Gasteiger partial charge in [-0.3, -0.25) is 9.59 Å². The molecule has 0 fully saturated rings. The van der Waals surface area contributed by atoms with Crippen LogP contribution in [0.25, 0.3) is 16.6 Å². The largest absolute Gasteiger partial charge is 0.459 e. The van der Waals surface area contributed by atoms with E-state index < -0.39 is 11.9 Å². The molecule has 0 aliphatic carbocycles. The van der Waals surface area contributed by atoms with Gasteiger partial charge in [-0.05, 0) is 61.9 Å². The first-order valence-electron chi connectivity index (χ1n) is 10.8. The molecule has 0 atom stereocenters. The minimum atomic E-state index is -0.555. The first-order valence-corrected chi connectivity index (χ1v) is 11.2. The Morgan fingerprint density at radius 1 is 1.03 bits per heavy atom. The van der Waals surface area contributed by atoms with Gasteiger partial charge in [0.25, 0.3) is 5.91 Å². The molecule has 178 valence electrons. The van der Waals surface area contributed by atoms with Crippen LogP contribution in [-0.2, 0) is 4.74 Å². The van der Waals surface area contributed by atoms with E-state index in [1.54, 1.807) is 86.3 Å². The number of carbonyl (C=O) groups is 3. The Balaban J connectivity index is 1.66. The van der Waals surface area contributed by atoms with Crippen LogP contribution in [0.1, 0.15) is 44.9 Å². The van der Waals surface area contributed by atoms with Gasteiger partial charge >= 0.3 is 5.97 Å². The molecule has 35 heavy (non-hydrogen) atoms. The highest BCUT2D eigenvalue weighted by atomic mass is 35.5. The number of anilines is 1. The van der Waals surface area contributed by atoms with Crippen LogP contribution in [0.5, 0.6) is 0 Å². The molecule has 8 nitrogen and oxygen atoms in total. The zero-order chi connectivity index (χ0) is 25.3. The number of carbonyl (C=O) groups excluding carboxylic acids is 3. The minimum absolute atomic E-state index is 0.186. The number of primary amides is 1. The highest BCUT2D eigenvalue weighted by molar-refractivity contribution is 6.33. The lowest BCUT2D eigenvalue weighted by atomic mass is 10.0. The van der Waals surface area contributed by atoms with E-state index in [2.05, 4.69) is 5.10 Å². The Kier molecular flexibility index (Phi) is 6.57. The Bertz CT molecular complexity index is 1440. The van der Waals surface area contributed by atoms with Crippen LogP contribution in [0.15, 0.2) is 67.0 Å². The zero-order valence-corrected chi connectivity index (χ0v) is 20.1. The Labute approximate surface area is 206 Å². The molecule has 0 spiro atoms. The molecule has 0 saturated carbocycles. The van der Waals surface area contributed by atoms with Gasteiger partial charge in [-0.2, -0.15) is 5.10 Å². The second-order valence-electron chi connectivity index (χ2n) is 8.23. The van der Waals surface area contributed by atoms with Crippen molar-refractivity contribution in [2.24, 2.45) is 5.73 Å². The molecule has 0 saturated heterocycles. The van der Waals surface area contributed by atoms with Crippen molar-refractivity contribution in [3.8, 4) is 11.1 Å². The average Bonchev–Trinajstić information content (AvgIpc) is 3.26. The molecule has 2 aromatic heterocycles. The van der Waals surface area contributed by atoms with Crippen molar-refractivity contribution in [2.45, 2.75) is 20.0 Å². The molecule has 0 aliphatic heterocycles. The molecule has 0 radical (unpaired) electrons. The molecule has 0 aliphatic rings. The van der Waals surface area contributed by atoms with Crippen molar-refractivity contribution >= 4 is 40.6 Å². The van der Waals surface area contributed by atoms with E-state index in [0.717, 1.165) is 11.1 Å². The predicted molar refractivity (Wildman–Crippen MR) is 134 cm³/mol. The van der Waals surface area contributed by atoms with Gasteiger partial charge in [-0.25, -0.2) is 9.31 Å². The third kappa shape index (κ3) is 4.88. The molecule has 2 amide bonds. The van der Waals surface area contributed by atoms with E-state index >= 15 is 0 Å². The quantitative estimate of drug-likeness (QED) is 0.397. The number of hydrogen-bond donors (Lipinski definition) is 1. The summed E-state index contributed by atoms with van der Waals surface area (Å²) in [6.45, 7) is 3.50. The number of amides is 2. The summed E-state index contributed by atoms with van der Waals surface area (Å²) in [7, 11) is 1.62. The summed E-state index contributed by atoms with van der Waals surface area (Å²) in [5.41, 5.74) is 9.18. The van der Waals surface area contributed by atoms with E-state index in [-0.39, 0.29) is 22.6 Å². The summed E-state index contributed by atoms with van der Waals surface area (Å²) < 4.78 is 6.91. The maximum atomic E-state index is 13.3. The first kappa shape index (κ1) is 24.0. The minimum Gasteiger partial charge on any atom is -0.459 e. The maximum Gasteiger partial charge on any atom is 0.339 e. The van der Waals surface area contributed by atoms with Gasteiger partial charge in [0.2, 0.25) is 5.91 Å². The summed E-state index contributed by atoms with van der Waals surface area (Å²) in [4.78, 5) is 38.5. The van der Waals surface area contributed by atoms with Gasteiger partial charge in [0.05, 0.1) is 28.4 Å². The van der Waals surface area contributed by atoms with Gasteiger partial charge < -0.3 is 15.4 Å². The number of ether oxygens (including phenoxy) is 1. The fourth-order valence-corrected chi connectivity index (χ4v) is 3.81. The van der Waals surface area contributed by atoms with Gasteiger partial charge in [-0.1, -0.05) is 23.7 Å². The van der Waals surface area contributed by atoms with E-state index in [4.69, 9.17) is 22.1 Å². The topological polar surface area (TPSA) is 107 Å². The molecule has 2 N–H and O–H groups in total. The van der Waals surface area contributed by atoms with Crippen LogP contribution in [0.4, 0.5) is 5.69 Å². The molecule has 2 heterocycles. The molecule has 4 aromatic rings. The number of pyridine rings is 1. The predicted octanol–water partition coefficient (Wildman–Crippen LogP) is 4.60. The van der Waals surface area contributed by atoms with Crippen LogP contribution in [-0.4, -0.2) is 40.5 Å². The Morgan fingerprint density at radius 3 is 2.40 bits per heavy atom. The number of rotatable bonds is 6. The normalized spacial score (nSPS) is 11.0. The number of aromatic nitrogens is 2. The van der Waals surface area contributed by atoms with Crippen molar-refractivity contribution in [2.75, 3.05) is 11.9 Å². The van der Waals surface area contributed by atoms with Gasteiger partial charge in [0, 0.05) is 35.6 Å². The van der Waals surface area contributed by atoms with Crippen LogP contribution in [0, 0.1) is 0 Å². The molecular formula is C26H23ClN4O4. The highest BCUT2D eigenvalue weighted by Gasteiger charge is 2.20. The van der Waals surface area contributed by atoms with Crippen molar-refractivity contribution in [1.82, 2.24) is 9.61 Å².